The van der Waals surface area contributed by atoms with Gasteiger partial charge in [-0.2, -0.15) is 9.97 Å². The number of nitrogens with zero attached hydrogens (tertiary/aromatic N) is 5. The summed E-state index contributed by atoms with van der Waals surface area (Å²) in [6.45, 7) is 3.87. The Morgan fingerprint density at radius 3 is 2.52 bits per heavy atom. The Morgan fingerprint density at radius 1 is 0.976 bits per heavy atom. The molecule has 10 heteroatoms. The number of carbonyl (C=O) groups is 1. The summed E-state index contributed by atoms with van der Waals surface area (Å²) >= 11 is 0. The zero-order valence-corrected chi connectivity index (χ0v) is 23.3. The van der Waals surface area contributed by atoms with E-state index in [0.717, 1.165) is 51.6 Å². The van der Waals surface area contributed by atoms with Crippen molar-refractivity contribution in [1.82, 2.24) is 25.2 Å². The number of carbonyl (C=O) groups excluding carboxylic acids is 1. The fourth-order valence-corrected chi connectivity index (χ4v) is 7.81. The van der Waals surface area contributed by atoms with Crippen LogP contribution >= 0.6 is 0 Å². The molecule has 4 aliphatic rings. The van der Waals surface area contributed by atoms with Crippen molar-refractivity contribution in [3.8, 4) is 17.3 Å². The zero-order valence-electron chi connectivity index (χ0n) is 23.3. The van der Waals surface area contributed by atoms with Gasteiger partial charge in [-0.15, -0.1) is 0 Å². The molecule has 42 heavy (non-hydrogen) atoms. The van der Waals surface area contributed by atoms with Crippen LogP contribution in [0.4, 0.5) is 14.6 Å². The van der Waals surface area contributed by atoms with Crippen molar-refractivity contribution in [2.75, 3.05) is 37.7 Å². The Kier molecular flexibility index (Phi) is 5.86. The maximum absolute atomic E-state index is 16.6. The smallest absolute Gasteiger partial charge is 0.319 e. The van der Waals surface area contributed by atoms with E-state index in [4.69, 9.17) is 9.72 Å². The molecule has 4 aliphatic heterocycles. The molecule has 1 amide bonds. The monoisotopic (exact) mass is 570 g/mol. The van der Waals surface area contributed by atoms with E-state index in [1.54, 1.807) is 36.5 Å². The van der Waals surface area contributed by atoms with Gasteiger partial charge in [0, 0.05) is 30.2 Å². The first kappa shape index (κ1) is 25.8. The Balaban J connectivity index is 1.24. The van der Waals surface area contributed by atoms with Crippen molar-refractivity contribution >= 4 is 33.4 Å². The molecule has 1 spiro atoms. The summed E-state index contributed by atoms with van der Waals surface area (Å²) in [5.41, 5.74) is 0.178. The number of rotatable bonds is 5. The lowest BCUT2D eigenvalue weighted by molar-refractivity contribution is -0.133. The normalized spacial score (nSPS) is 23.4. The van der Waals surface area contributed by atoms with Crippen LogP contribution < -0.4 is 15.0 Å². The minimum Gasteiger partial charge on any atom is -0.461 e. The number of anilines is 1. The molecular weight excluding hydrogens is 538 g/mol. The van der Waals surface area contributed by atoms with Gasteiger partial charge in [0.05, 0.1) is 22.9 Å². The molecule has 2 aromatic heterocycles. The van der Waals surface area contributed by atoms with Gasteiger partial charge in [0.15, 0.2) is 5.82 Å². The average molecular weight is 571 g/mol. The first-order chi connectivity index (χ1) is 20.4. The van der Waals surface area contributed by atoms with Gasteiger partial charge in [-0.05, 0) is 63.1 Å². The van der Waals surface area contributed by atoms with Gasteiger partial charge < -0.3 is 15.0 Å². The number of piperidine rings is 1. The number of benzene rings is 2. The summed E-state index contributed by atoms with van der Waals surface area (Å²) in [6.07, 6.45) is 8.22. The summed E-state index contributed by atoms with van der Waals surface area (Å²) in [5, 5.41) is 4.53. The van der Waals surface area contributed by atoms with Gasteiger partial charge >= 0.3 is 6.01 Å². The topological polar surface area (TPSA) is 83.5 Å². The van der Waals surface area contributed by atoms with E-state index in [2.05, 4.69) is 25.1 Å². The number of amides is 1. The second kappa shape index (κ2) is 9.55. The largest absolute Gasteiger partial charge is 0.461 e. The van der Waals surface area contributed by atoms with Crippen molar-refractivity contribution in [3.05, 3.63) is 54.2 Å². The molecule has 8 rings (SSSR count). The molecule has 4 fully saturated rings. The van der Waals surface area contributed by atoms with Crippen molar-refractivity contribution in [2.24, 2.45) is 0 Å². The molecule has 0 saturated carbocycles. The first-order valence-electron chi connectivity index (χ1n) is 14.9. The lowest BCUT2D eigenvalue weighted by atomic mass is 9.80. The van der Waals surface area contributed by atoms with E-state index in [9.17, 15) is 4.79 Å². The number of β-lactam (4-membered cyclic amide) rings is 1. The van der Waals surface area contributed by atoms with Crippen LogP contribution in [-0.2, 0) is 4.79 Å². The second-order valence-electron chi connectivity index (χ2n) is 12.4. The molecule has 4 aromatic rings. The van der Waals surface area contributed by atoms with E-state index in [1.165, 1.54) is 6.07 Å². The minimum atomic E-state index is -0.637. The Labute approximate surface area is 242 Å². The molecule has 0 bridgehead atoms. The van der Waals surface area contributed by atoms with Crippen LogP contribution in [0.25, 0.3) is 32.9 Å². The second-order valence-corrected chi connectivity index (χ2v) is 12.4. The highest BCUT2D eigenvalue weighted by Crippen LogP contribution is 2.41. The number of nitrogens with one attached hydrogen (secondary N) is 1. The van der Waals surface area contributed by atoms with E-state index >= 15 is 8.78 Å². The van der Waals surface area contributed by atoms with Crippen LogP contribution in [0.1, 0.15) is 44.9 Å². The van der Waals surface area contributed by atoms with Crippen LogP contribution in [-0.4, -0.2) is 69.6 Å². The standard InChI is InChI=1S/C32H32F2N6O2/c33-23-9-2-7-20-6-1-8-21(25(20)23)27-26(34)28-22(17-35-27)29(39-13-3-10-31(18-39)16-24(41)38-31)37-30(36-28)42-19-32-11-4-14-40(32)15-5-12-32/h1-2,6-9,17H,3-5,10-16,18-19H2,(H,38,41). The Bertz CT molecular complexity index is 1720. The van der Waals surface area contributed by atoms with Gasteiger partial charge in [-0.1, -0.05) is 30.3 Å². The Hall–Kier alpha value is -3.92. The minimum absolute atomic E-state index is 0.0215. The fraction of sp³-hybridized carbons (Fsp3) is 0.438. The molecule has 1 N–H and O–H groups in total. The molecule has 8 nitrogen and oxygen atoms in total. The average Bonchev–Trinajstić information content (AvgIpc) is 3.56. The quantitative estimate of drug-likeness (QED) is 0.339. The molecule has 6 heterocycles. The predicted molar refractivity (Wildman–Crippen MR) is 155 cm³/mol. The Morgan fingerprint density at radius 2 is 1.74 bits per heavy atom. The third-order valence-electron chi connectivity index (χ3n) is 9.81. The highest BCUT2D eigenvalue weighted by atomic mass is 19.1. The molecule has 1 unspecified atom stereocenters. The lowest BCUT2D eigenvalue weighted by Gasteiger charge is -2.49. The third-order valence-corrected chi connectivity index (χ3v) is 9.81. The number of aromatic nitrogens is 3. The highest BCUT2D eigenvalue weighted by Gasteiger charge is 2.47. The maximum Gasteiger partial charge on any atom is 0.319 e. The molecular formula is C32H32F2N6O2. The molecule has 4 saturated heterocycles. The van der Waals surface area contributed by atoms with Crippen molar-refractivity contribution < 1.29 is 18.3 Å². The van der Waals surface area contributed by atoms with Gasteiger partial charge in [0.1, 0.15) is 29.5 Å². The summed E-state index contributed by atoms with van der Waals surface area (Å²) in [6, 6.07) is 10.2. The number of halogens is 2. The summed E-state index contributed by atoms with van der Waals surface area (Å²) < 4.78 is 37.9. The SMILES string of the molecule is O=C1CC2(CCCN(c3nc(OCC45CCCN4CCC5)nc4c(F)c(-c5cccc6cccc(F)c56)ncc34)C2)N1. The third kappa shape index (κ3) is 4.02. The van der Waals surface area contributed by atoms with Crippen LogP contribution in [0.15, 0.2) is 42.6 Å². The maximum atomic E-state index is 16.6. The number of pyridine rings is 1. The van der Waals surface area contributed by atoms with E-state index in [0.29, 0.717) is 53.7 Å². The van der Waals surface area contributed by atoms with Gasteiger partial charge in [-0.25, -0.2) is 8.78 Å². The van der Waals surface area contributed by atoms with E-state index in [1.807, 2.05) is 0 Å². The van der Waals surface area contributed by atoms with Crippen LogP contribution in [0.5, 0.6) is 6.01 Å². The van der Waals surface area contributed by atoms with Gasteiger partial charge in [0.25, 0.3) is 0 Å². The van der Waals surface area contributed by atoms with Gasteiger partial charge in [0.2, 0.25) is 5.91 Å². The summed E-state index contributed by atoms with van der Waals surface area (Å²) in [5.74, 6) is -0.480. The molecule has 216 valence electrons. The number of ether oxygens (including phenoxy) is 1. The van der Waals surface area contributed by atoms with Crippen molar-refractivity contribution in [2.45, 2.75) is 56.0 Å². The van der Waals surface area contributed by atoms with Crippen molar-refractivity contribution in [1.29, 1.82) is 0 Å². The number of fused-ring (bicyclic) bond motifs is 3. The van der Waals surface area contributed by atoms with E-state index in [-0.39, 0.29) is 34.2 Å². The number of hydrogen-bond donors (Lipinski definition) is 1. The molecule has 2 aromatic carbocycles. The van der Waals surface area contributed by atoms with Gasteiger partial charge in [-0.3, -0.25) is 14.7 Å². The highest BCUT2D eigenvalue weighted by molar-refractivity contribution is 5.99. The fourth-order valence-electron chi connectivity index (χ4n) is 7.81. The zero-order chi connectivity index (χ0) is 28.5. The van der Waals surface area contributed by atoms with E-state index < -0.39 is 11.6 Å². The molecule has 1 atom stereocenters. The molecule has 0 aliphatic carbocycles. The lowest BCUT2D eigenvalue weighted by Crippen LogP contribution is -2.68. The molecule has 0 radical (unpaired) electrons. The predicted octanol–water partition coefficient (Wildman–Crippen LogP) is 4.99. The number of hydrogen-bond acceptors (Lipinski definition) is 7. The first-order valence-corrected chi connectivity index (χ1v) is 14.9. The summed E-state index contributed by atoms with van der Waals surface area (Å²) in [4.78, 5) is 30.4. The van der Waals surface area contributed by atoms with Crippen LogP contribution in [0, 0.1) is 11.6 Å². The van der Waals surface area contributed by atoms with Crippen molar-refractivity contribution in [3.63, 3.8) is 0 Å². The van der Waals surface area contributed by atoms with Crippen LogP contribution in [0.2, 0.25) is 0 Å². The van der Waals surface area contributed by atoms with Crippen LogP contribution in [0.3, 0.4) is 0 Å². The summed E-state index contributed by atoms with van der Waals surface area (Å²) in [7, 11) is 0.